The van der Waals surface area contributed by atoms with E-state index in [4.69, 9.17) is 4.74 Å². The second-order valence-corrected chi connectivity index (χ2v) is 7.11. The lowest BCUT2D eigenvalue weighted by molar-refractivity contribution is 0.111. The lowest BCUT2D eigenvalue weighted by Gasteiger charge is -2.30. The fraction of sp³-hybridized carbons (Fsp3) is 0.222. The van der Waals surface area contributed by atoms with Crippen molar-refractivity contribution in [3.05, 3.63) is 59.8 Å². The Hall–Kier alpha value is -3.16. The van der Waals surface area contributed by atoms with E-state index in [1.54, 1.807) is 27.8 Å². The number of rotatable bonds is 6. The van der Waals surface area contributed by atoms with Crippen LogP contribution in [0.2, 0.25) is 0 Å². The van der Waals surface area contributed by atoms with Crippen molar-refractivity contribution in [1.29, 1.82) is 0 Å². The number of benzene rings is 1. The fourth-order valence-corrected chi connectivity index (χ4v) is 2.96. The van der Waals surface area contributed by atoms with Gasteiger partial charge in [-0.05, 0) is 12.1 Å². The maximum atomic E-state index is 14.5. The summed E-state index contributed by atoms with van der Waals surface area (Å²) in [5.74, 6) is 0.237. The van der Waals surface area contributed by atoms with E-state index >= 15 is 0 Å². The maximum absolute atomic E-state index is 14.5. The van der Waals surface area contributed by atoms with Crippen molar-refractivity contribution in [3.8, 4) is 17.3 Å². The highest BCUT2D eigenvalue weighted by molar-refractivity contribution is 6.39. The highest BCUT2D eigenvalue weighted by Gasteiger charge is 2.31. The summed E-state index contributed by atoms with van der Waals surface area (Å²) in [6, 6.07) is 4.55. The van der Waals surface area contributed by atoms with Crippen LogP contribution in [0.4, 0.5) is 4.39 Å². The molecule has 3 rings (SSSR count). The lowest BCUT2D eigenvalue weighted by atomic mass is 9.61. The van der Waals surface area contributed by atoms with E-state index in [9.17, 15) is 14.3 Å². The van der Waals surface area contributed by atoms with Crippen molar-refractivity contribution < 1.29 is 19.0 Å². The molecule has 3 aromatic rings. The Bertz CT molecular complexity index is 1020. The third kappa shape index (κ3) is 3.49. The molecule has 0 aliphatic carbocycles. The molecule has 0 radical (unpaired) electrons. The topological polar surface area (TPSA) is 90.1 Å². The van der Waals surface area contributed by atoms with Gasteiger partial charge in [0.15, 0.2) is 22.0 Å². The third-order valence-corrected chi connectivity index (χ3v) is 4.34. The first kappa shape index (κ1) is 19.6. The molecule has 0 saturated heterocycles. The van der Waals surface area contributed by atoms with Gasteiger partial charge >= 0.3 is 0 Å². The number of aldehydes is 1. The Kier molecular flexibility index (Phi) is 5.22. The van der Waals surface area contributed by atoms with Gasteiger partial charge in [-0.1, -0.05) is 19.9 Å². The van der Waals surface area contributed by atoms with Crippen LogP contribution in [0.15, 0.2) is 36.9 Å². The molecule has 142 valence electrons. The SMILES string of the molecule is BC(B)(Oc1cccc(O)c1C=O)c1cncnc1-n1c(F)cnc1C(C)C. The first-order valence-electron chi connectivity index (χ1n) is 8.76. The monoisotopic (exact) mass is 380 g/mol. The van der Waals surface area contributed by atoms with Crippen molar-refractivity contribution in [3.63, 3.8) is 0 Å². The molecule has 10 heteroatoms. The fourth-order valence-electron chi connectivity index (χ4n) is 2.96. The molecular formula is C18H19B2FN4O3. The molecule has 1 N–H and O–H groups in total. The predicted molar refractivity (Wildman–Crippen MR) is 106 cm³/mol. The molecular weight excluding hydrogens is 361 g/mol. The molecule has 0 unspecified atom stereocenters. The number of halogens is 1. The molecule has 0 atom stereocenters. The molecule has 1 aromatic carbocycles. The molecule has 28 heavy (non-hydrogen) atoms. The van der Waals surface area contributed by atoms with E-state index in [0.29, 0.717) is 23.5 Å². The minimum atomic E-state index is -1.05. The molecule has 0 fully saturated rings. The van der Waals surface area contributed by atoms with Crippen LogP contribution in [0.3, 0.4) is 0 Å². The van der Waals surface area contributed by atoms with Crippen LogP contribution in [-0.2, 0) is 5.40 Å². The molecule has 2 heterocycles. The number of nitrogens with zero attached hydrogens (tertiary/aromatic N) is 4. The zero-order valence-corrected chi connectivity index (χ0v) is 16.0. The summed E-state index contributed by atoms with van der Waals surface area (Å²) in [6.45, 7) is 3.81. The first-order chi connectivity index (χ1) is 13.3. The van der Waals surface area contributed by atoms with Gasteiger partial charge in [0, 0.05) is 17.7 Å². The first-order valence-corrected chi connectivity index (χ1v) is 8.76. The van der Waals surface area contributed by atoms with Gasteiger partial charge in [-0.2, -0.15) is 4.39 Å². The summed E-state index contributed by atoms with van der Waals surface area (Å²) in [6.07, 6.45) is 4.53. The van der Waals surface area contributed by atoms with Crippen molar-refractivity contribution in [2.45, 2.75) is 25.2 Å². The normalized spacial score (nSPS) is 11.6. The third-order valence-electron chi connectivity index (χ3n) is 4.34. The molecule has 0 aliphatic rings. The Labute approximate surface area is 163 Å². The van der Waals surface area contributed by atoms with Gasteiger partial charge in [-0.15, -0.1) is 0 Å². The van der Waals surface area contributed by atoms with E-state index in [0.717, 1.165) is 6.20 Å². The second-order valence-electron chi connectivity index (χ2n) is 7.11. The Morgan fingerprint density at radius 3 is 2.71 bits per heavy atom. The molecule has 0 aliphatic heterocycles. The minimum absolute atomic E-state index is 0.0330. The average molecular weight is 380 g/mol. The Morgan fingerprint density at radius 1 is 1.29 bits per heavy atom. The Morgan fingerprint density at radius 2 is 2.04 bits per heavy atom. The maximum Gasteiger partial charge on any atom is 0.219 e. The van der Waals surface area contributed by atoms with Crippen LogP contribution >= 0.6 is 0 Å². The number of hydrogen-bond donors (Lipinski definition) is 1. The minimum Gasteiger partial charge on any atom is -0.507 e. The van der Waals surface area contributed by atoms with E-state index in [2.05, 4.69) is 15.0 Å². The summed E-state index contributed by atoms with van der Waals surface area (Å²) >= 11 is 0. The Balaban J connectivity index is 2.12. The lowest BCUT2D eigenvalue weighted by Crippen LogP contribution is -2.36. The second kappa shape index (κ2) is 7.46. The molecule has 7 nitrogen and oxygen atoms in total. The van der Waals surface area contributed by atoms with E-state index in [1.807, 2.05) is 13.8 Å². The zero-order valence-electron chi connectivity index (χ0n) is 16.0. The number of aromatic nitrogens is 4. The summed E-state index contributed by atoms with van der Waals surface area (Å²) < 4.78 is 21.9. The van der Waals surface area contributed by atoms with Crippen molar-refractivity contribution in [1.82, 2.24) is 19.5 Å². The zero-order chi connectivity index (χ0) is 20.5. The number of imidazole rings is 1. The molecule has 0 bridgehead atoms. The van der Waals surface area contributed by atoms with Crippen LogP contribution in [0, 0.1) is 5.95 Å². The smallest absolute Gasteiger partial charge is 0.219 e. The average Bonchev–Trinajstić information content (AvgIpc) is 3.03. The molecule has 0 saturated carbocycles. The van der Waals surface area contributed by atoms with Crippen LogP contribution in [0.25, 0.3) is 5.82 Å². The predicted octanol–water partition coefficient (Wildman–Crippen LogP) is 0.898. The van der Waals surface area contributed by atoms with Gasteiger partial charge in [0.2, 0.25) is 5.95 Å². The summed E-state index contributed by atoms with van der Waals surface area (Å²) in [5, 5.41) is 8.85. The number of ether oxygens (including phenoxy) is 1. The van der Waals surface area contributed by atoms with Gasteiger partial charge in [0.1, 0.15) is 29.5 Å². The number of hydrogen-bond acceptors (Lipinski definition) is 6. The summed E-state index contributed by atoms with van der Waals surface area (Å²) in [5.41, 5.74) is 0.527. The van der Waals surface area contributed by atoms with Gasteiger partial charge in [-0.3, -0.25) is 9.36 Å². The van der Waals surface area contributed by atoms with Crippen LogP contribution in [-0.4, -0.2) is 46.6 Å². The molecule has 0 amide bonds. The summed E-state index contributed by atoms with van der Waals surface area (Å²) in [7, 11) is 3.50. The standard InChI is InChI=1S/C18H19B2FN4O3/c1-10(2)16-23-7-15(21)25(16)17-12(6-22-9-24-17)18(19,20)28-14-5-3-4-13(27)11(14)8-26/h3-10,27H,19-20H2,1-2H3. The van der Waals surface area contributed by atoms with Gasteiger partial charge in [-0.25, -0.2) is 15.0 Å². The van der Waals surface area contributed by atoms with E-state index < -0.39 is 11.3 Å². The largest absolute Gasteiger partial charge is 0.507 e. The van der Waals surface area contributed by atoms with Crippen LogP contribution in [0.5, 0.6) is 11.5 Å². The quantitative estimate of drug-likeness (QED) is 0.505. The van der Waals surface area contributed by atoms with Crippen molar-refractivity contribution in [2.75, 3.05) is 0 Å². The van der Waals surface area contributed by atoms with E-state index in [1.165, 1.54) is 23.2 Å². The van der Waals surface area contributed by atoms with Gasteiger partial charge < -0.3 is 9.84 Å². The molecule has 2 aromatic heterocycles. The van der Waals surface area contributed by atoms with Crippen LogP contribution in [0.1, 0.15) is 41.5 Å². The number of phenols is 1. The van der Waals surface area contributed by atoms with Crippen LogP contribution < -0.4 is 4.74 Å². The highest BCUT2D eigenvalue weighted by Crippen LogP contribution is 2.32. The highest BCUT2D eigenvalue weighted by atomic mass is 19.1. The van der Waals surface area contributed by atoms with Crippen molar-refractivity contribution >= 4 is 22.0 Å². The molecule has 0 spiro atoms. The van der Waals surface area contributed by atoms with Crippen molar-refractivity contribution in [2.24, 2.45) is 0 Å². The van der Waals surface area contributed by atoms with Gasteiger partial charge in [0.05, 0.1) is 17.2 Å². The number of phenolic OH excluding ortho intramolecular Hbond substituents is 1. The van der Waals surface area contributed by atoms with E-state index in [-0.39, 0.29) is 23.0 Å². The van der Waals surface area contributed by atoms with Gasteiger partial charge in [0.25, 0.3) is 0 Å². The summed E-state index contributed by atoms with van der Waals surface area (Å²) in [4.78, 5) is 23.8. The number of aromatic hydroxyl groups is 1. The number of carbonyl (C=O) groups is 1. The number of carbonyl (C=O) groups excluding carboxylic acids is 1.